The van der Waals surface area contributed by atoms with Crippen molar-refractivity contribution in [3.63, 3.8) is 0 Å². The van der Waals surface area contributed by atoms with Crippen molar-refractivity contribution in [2.45, 2.75) is 96.8 Å². The molecule has 2 rings (SSSR count). The Balaban J connectivity index is 1.51. The van der Waals surface area contributed by atoms with Gasteiger partial charge in [0.05, 0.1) is 5.56 Å². The number of nitrogens with one attached hydrogen (secondary N) is 1. The number of carbonyl (C=O) groups excluding carboxylic acids is 1. The lowest BCUT2D eigenvalue weighted by Gasteiger charge is -2.03. The first-order valence-electron chi connectivity index (χ1n) is 12.0. The maximum absolute atomic E-state index is 12.4. The maximum atomic E-state index is 12.4. The summed E-state index contributed by atoms with van der Waals surface area (Å²) in [5.41, 5.74) is 0.802. The molecule has 30 heavy (non-hydrogen) atoms. The molecule has 0 atom stereocenters. The lowest BCUT2D eigenvalue weighted by atomic mass is 10.0. The van der Waals surface area contributed by atoms with Gasteiger partial charge in [-0.1, -0.05) is 88.6 Å². The molecule has 1 N–H and O–H groups in total. The van der Waals surface area contributed by atoms with Crippen LogP contribution in [0.15, 0.2) is 47.3 Å². The smallest absolute Gasteiger partial charge is 0.259 e. The molecule has 3 nitrogen and oxygen atoms in total. The van der Waals surface area contributed by atoms with E-state index in [0.717, 1.165) is 30.2 Å². The summed E-state index contributed by atoms with van der Waals surface area (Å²) in [6, 6.07) is 9.30. The molecule has 1 aromatic heterocycles. The highest BCUT2D eigenvalue weighted by atomic mass is 16.1. The largest absolute Gasteiger partial charge is 0.321 e. The number of pyridine rings is 1. The van der Waals surface area contributed by atoms with Crippen LogP contribution in [-0.2, 0) is 0 Å². The molecule has 0 aliphatic heterocycles. The summed E-state index contributed by atoms with van der Waals surface area (Å²) in [5.74, 6) is -0.0420. The van der Waals surface area contributed by atoms with Crippen LogP contribution in [0.4, 0.5) is 0 Å². The minimum Gasteiger partial charge on any atom is -0.321 e. The van der Waals surface area contributed by atoms with E-state index in [1.54, 1.807) is 6.07 Å². The number of aromatic nitrogens is 1. The van der Waals surface area contributed by atoms with Crippen molar-refractivity contribution in [2.24, 2.45) is 0 Å². The number of allylic oxidation sites excluding steroid dienone is 2. The normalized spacial score (nSPS) is 11.5. The molecular weight excluding hydrogens is 370 g/mol. The Morgan fingerprint density at radius 3 is 2.13 bits per heavy atom. The van der Waals surface area contributed by atoms with E-state index in [1.807, 2.05) is 24.3 Å². The number of ketones is 1. The van der Waals surface area contributed by atoms with Crippen molar-refractivity contribution in [1.29, 1.82) is 0 Å². The number of unbranched alkanes of at least 4 members (excludes halogenated alkanes) is 11. The van der Waals surface area contributed by atoms with Crippen LogP contribution in [0.5, 0.6) is 0 Å². The van der Waals surface area contributed by atoms with Gasteiger partial charge in [-0.15, -0.1) is 0 Å². The van der Waals surface area contributed by atoms with Crippen molar-refractivity contribution in [2.75, 3.05) is 0 Å². The predicted octanol–water partition coefficient (Wildman–Crippen LogP) is 7.75. The number of hydrogen-bond donors (Lipinski definition) is 1. The summed E-state index contributed by atoms with van der Waals surface area (Å²) in [5, 5.41) is 0.907. The first-order chi connectivity index (χ1) is 14.7. The molecule has 0 saturated carbocycles. The van der Waals surface area contributed by atoms with Gasteiger partial charge in [-0.05, 0) is 49.6 Å². The molecule has 1 aromatic carbocycles. The number of hydrogen-bond acceptors (Lipinski definition) is 2. The van der Waals surface area contributed by atoms with Crippen molar-refractivity contribution in [3.05, 3.63) is 58.4 Å². The molecule has 164 valence electrons. The number of para-hydroxylation sites is 1. The second kappa shape index (κ2) is 14.8. The number of fused-ring (bicyclic) bond motifs is 1. The average molecular weight is 410 g/mol. The fourth-order valence-corrected chi connectivity index (χ4v) is 3.85. The van der Waals surface area contributed by atoms with E-state index in [4.69, 9.17) is 0 Å². The topological polar surface area (TPSA) is 49.9 Å². The summed E-state index contributed by atoms with van der Waals surface area (Å²) in [4.78, 5) is 27.4. The molecule has 0 amide bonds. The minimum absolute atomic E-state index is 0.0420. The maximum Gasteiger partial charge on any atom is 0.259 e. The molecule has 0 saturated heterocycles. The van der Waals surface area contributed by atoms with Crippen LogP contribution in [-0.4, -0.2) is 10.8 Å². The second-order valence-corrected chi connectivity index (χ2v) is 8.36. The van der Waals surface area contributed by atoms with Crippen molar-refractivity contribution in [3.8, 4) is 0 Å². The second-order valence-electron chi connectivity index (χ2n) is 8.36. The third-order valence-corrected chi connectivity index (χ3v) is 5.72. The molecule has 0 unspecified atom stereocenters. The SMILES string of the molecule is CCCCCCCC/C=C\CCCCCCCC(=O)c1cc2ccccc2[nH]c1=O. The Labute approximate surface area is 182 Å². The highest BCUT2D eigenvalue weighted by molar-refractivity contribution is 5.98. The van der Waals surface area contributed by atoms with Crippen LogP contribution in [0.3, 0.4) is 0 Å². The van der Waals surface area contributed by atoms with E-state index in [-0.39, 0.29) is 11.3 Å². The van der Waals surface area contributed by atoms with Gasteiger partial charge in [0.15, 0.2) is 5.78 Å². The first kappa shape index (κ1) is 24.1. The van der Waals surface area contributed by atoms with E-state index in [0.29, 0.717) is 12.0 Å². The molecule has 0 spiro atoms. The Hall–Kier alpha value is -2.16. The monoisotopic (exact) mass is 409 g/mol. The van der Waals surface area contributed by atoms with Gasteiger partial charge >= 0.3 is 0 Å². The highest BCUT2D eigenvalue weighted by Gasteiger charge is 2.11. The molecule has 3 heteroatoms. The Morgan fingerprint density at radius 2 is 1.43 bits per heavy atom. The van der Waals surface area contributed by atoms with Crippen molar-refractivity contribution in [1.82, 2.24) is 4.98 Å². The zero-order valence-electron chi connectivity index (χ0n) is 18.8. The van der Waals surface area contributed by atoms with Crippen molar-refractivity contribution < 1.29 is 4.79 Å². The Kier molecular flexibility index (Phi) is 11.9. The molecule has 0 radical (unpaired) electrons. The minimum atomic E-state index is -0.272. The zero-order valence-corrected chi connectivity index (χ0v) is 18.8. The standard InChI is InChI=1S/C27H39NO2/c1-2-3-4-5-6-7-8-9-10-11-12-13-14-15-16-21-26(29)24-22-23-19-17-18-20-25(23)28-27(24)30/h9-10,17-20,22H,2-8,11-16,21H2,1H3,(H,28,30)/b10-9-. The number of rotatable bonds is 16. The number of H-pyrrole nitrogens is 1. The van der Waals surface area contributed by atoms with Crippen LogP contribution < -0.4 is 5.56 Å². The van der Waals surface area contributed by atoms with E-state index in [9.17, 15) is 9.59 Å². The molecule has 0 bridgehead atoms. The molecule has 2 aromatic rings. The fourth-order valence-electron chi connectivity index (χ4n) is 3.85. The predicted molar refractivity (Wildman–Crippen MR) is 128 cm³/mol. The van der Waals surface area contributed by atoms with Crippen LogP contribution in [0.2, 0.25) is 0 Å². The van der Waals surface area contributed by atoms with E-state index < -0.39 is 0 Å². The highest BCUT2D eigenvalue weighted by Crippen LogP contribution is 2.14. The molecule has 0 aliphatic carbocycles. The first-order valence-corrected chi connectivity index (χ1v) is 12.0. The average Bonchev–Trinajstić information content (AvgIpc) is 2.75. The molecule has 0 aliphatic rings. The number of aromatic amines is 1. The van der Waals surface area contributed by atoms with Gasteiger partial charge < -0.3 is 4.98 Å². The summed E-state index contributed by atoms with van der Waals surface area (Å²) >= 11 is 0. The summed E-state index contributed by atoms with van der Waals surface area (Å²) in [7, 11) is 0. The van der Waals surface area contributed by atoms with E-state index in [2.05, 4.69) is 24.1 Å². The Bertz CT molecular complexity index is 834. The quantitative estimate of drug-likeness (QED) is 0.175. The Morgan fingerprint density at radius 1 is 0.833 bits per heavy atom. The van der Waals surface area contributed by atoms with Crippen LogP contribution in [0.1, 0.15) is 107 Å². The lowest BCUT2D eigenvalue weighted by molar-refractivity contribution is 0.0978. The summed E-state index contributed by atoms with van der Waals surface area (Å²) < 4.78 is 0. The van der Waals surface area contributed by atoms with E-state index >= 15 is 0 Å². The van der Waals surface area contributed by atoms with Gasteiger partial charge in [-0.25, -0.2) is 0 Å². The number of Topliss-reactive ketones (excluding diaryl/α,β-unsaturated/α-hetero) is 1. The van der Waals surface area contributed by atoms with Crippen LogP contribution >= 0.6 is 0 Å². The van der Waals surface area contributed by atoms with E-state index in [1.165, 1.54) is 64.2 Å². The van der Waals surface area contributed by atoms with Gasteiger partial charge in [-0.3, -0.25) is 9.59 Å². The van der Waals surface area contributed by atoms with Gasteiger partial charge in [-0.2, -0.15) is 0 Å². The van der Waals surface area contributed by atoms with Gasteiger partial charge in [0, 0.05) is 11.9 Å². The van der Waals surface area contributed by atoms with Gasteiger partial charge in [0.2, 0.25) is 0 Å². The summed E-state index contributed by atoms with van der Waals surface area (Å²) in [6.07, 6.45) is 21.2. The van der Waals surface area contributed by atoms with Crippen LogP contribution in [0, 0.1) is 0 Å². The third-order valence-electron chi connectivity index (χ3n) is 5.72. The number of carbonyl (C=O) groups is 1. The molecule has 1 heterocycles. The van der Waals surface area contributed by atoms with Crippen LogP contribution in [0.25, 0.3) is 10.9 Å². The summed E-state index contributed by atoms with van der Waals surface area (Å²) in [6.45, 7) is 2.26. The van der Waals surface area contributed by atoms with Crippen molar-refractivity contribution >= 4 is 16.7 Å². The van der Waals surface area contributed by atoms with Gasteiger partial charge in [0.1, 0.15) is 0 Å². The fraction of sp³-hybridized carbons (Fsp3) is 0.556. The molecule has 0 fully saturated rings. The molecular formula is C27H39NO2. The lowest BCUT2D eigenvalue weighted by Crippen LogP contribution is -2.17. The van der Waals surface area contributed by atoms with Gasteiger partial charge in [0.25, 0.3) is 5.56 Å². The number of benzene rings is 1. The third kappa shape index (κ3) is 9.11. The zero-order chi connectivity index (χ0) is 21.4.